The Kier molecular flexibility index (Phi) is 4.78. The first-order valence-corrected chi connectivity index (χ1v) is 9.23. The summed E-state index contributed by atoms with van der Waals surface area (Å²) in [5, 5.41) is 9.21. The van der Waals surface area contributed by atoms with Crippen LogP contribution < -0.4 is 0 Å². The van der Waals surface area contributed by atoms with Gasteiger partial charge in [0.05, 0.1) is 23.0 Å². The van der Waals surface area contributed by atoms with Crippen molar-refractivity contribution < 1.29 is 0 Å². The van der Waals surface area contributed by atoms with Crippen LogP contribution in [0.5, 0.6) is 0 Å². The Morgan fingerprint density at radius 1 is 0.667 bits per heavy atom. The lowest BCUT2D eigenvalue weighted by molar-refractivity contribution is 1.18. The second kappa shape index (κ2) is 7.53. The van der Waals surface area contributed by atoms with Gasteiger partial charge in [-0.2, -0.15) is 5.26 Å². The second-order valence-corrected chi connectivity index (χ2v) is 6.94. The molecular formula is C23H14BrN3. The van der Waals surface area contributed by atoms with Crippen LogP contribution in [0.15, 0.2) is 89.4 Å². The first-order valence-electron chi connectivity index (χ1n) is 8.44. The minimum atomic E-state index is 0.609. The number of benzene rings is 3. The molecule has 4 heteroatoms. The number of aromatic nitrogens is 2. The predicted octanol–water partition coefficient (Wildman–Crippen LogP) is 6.11. The van der Waals surface area contributed by atoms with Crippen molar-refractivity contribution in [3.63, 3.8) is 0 Å². The third-order valence-electron chi connectivity index (χ3n) is 4.19. The van der Waals surface area contributed by atoms with Gasteiger partial charge in [-0.15, -0.1) is 0 Å². The fraction of sp³-hybridized carbons (Fsp3) is 0. The summed E-state index contributed by atoms with van der Waals surface area (Å²) in [7, 11) is 0. The van der Waals surface area contributed by atoms with Crippen molar-refractivity contribution in [2.24, 2.45) is 0 Å². The molecular weight excluding hydrogens is 398 g/mol. The molecule has 4 rings (SSSR count). The highest BCUT2D eigenvalue weighted by Gasteiger charge is 2.11. The first-order chi connectivity index (χ1) is 13.2. The molecule has 0 unspecified atom stereocenters. The molecule has 0 bridgehead atoms. The Morgan fingerprint density at radius 3 is 2.04 bits per heavy atom. The van der Waals surface area contributed by atoms with Crippen LogP contribution in [-0.2, 0) is 0 Å². The van der Waals surface area contributed by atoms with E-state index in [4.69, 9.17) is 9.97 Å². The van der Waals surface area contributed by atoms with E-state index in [0.717, 1.165) is 32.6 Å². The fourth-order valence-corrected chi connectivity index (χ4v) is 3.09. The number of hydrogen-bond donors (Lipinski definition) is 0. The normalized spacial score (nSPS) is 10.4. The van der Waals surface area contributed by atoms with E-state index in [1.165, 1.54) is 0 Å². The van der Waals surface area contributed by atoms with Gasteiger partial charge in [0, 0.05) is 21.2 Å². The molecule has 3 nitrogen and oxygen atoms in total. The largest absolute Gasteiger partial charge is 0.228 e. The van der Waals surface area contributed by atoms with E-state index in [9.17, 15) is 5.26 Å². The van der Waals surface area contributed by atoms with Crippen LogP contribution >= 0.6 is 15.9 Å². The smallest absolute Gasteiger partial charge is 0.160 e. The van der Waals surface area contributed by atoms with Crippen LogP contribution in [0.1, 0.15) is 5.56 Å². The molecule has 0 saturated carbocycles. The number of nitrogens with zero attached hydrogens (tertiary/aromatic N) is 3. The highest BCUT2D eigenvalue weighted by Crippen LogP contribution is 2.28. The van der Waals surface area contributed by atoms with Gasteiger partial charge in [0.25, 0.3) is 0 Å². The van der Waals surface area contributed by atoms with Crippen LogP contribution in [0, 0.1) is 11.3 Å². The minimum Gasteiger partial charge on any atom is -0.228 e. The average Bonchev–Trinajstić information content (AvgIpc) is 2.74. The number of nitriles is 1. The molecule has 1 aromatic heterocycles. The molecule has 0 radical (unpaired) electrons. The molecule has 1 heterocycles. The van der Waals surface area contributed by atoms with Crippen molar-refractivity contribution in [3.05, 3.63) is 95.0 Å². The van der Waals surface area contributed by atoms with E-state index in [0.29, 0.717) is 11.4 Å². The second-order valence-electron chi connectivity index (χ2n) is 6.03. The van der Waals surface area contributed by atoms with Gasteiger partial charge in [-0.1, -0.05) is 70.5 Å². The maximum atomic E-state index is 9.21. The quantitative estimate of drug-likeness (QED) is 0.408. The highest BCUT2D eigenvalue weighted by molar-refractivity contribution is 9.10. The van der Waals surface area contributed by atoms with Gasteiger partial charge in [-0.05, 0) is 30.3 Å². The molecule has 0 fully saturated rings. The lowest BCUT2D eigenvalue weighted by atomic mass is 10.0. The van der Waals surface area contributed by atoms with Gasteiger partial charge >= 0.3 is 0 Å². The average molecular weight is 412 g/mol. The fourth-order valence-electron chi connectivity index (χ4n) is 2.83. The molecule has 4 aromatic rings. The summed E-state index contributed by atoms with van der Waals surface area (Å²) in [6.45, 7) is 0. The van der Waals surface area contributed by atoms with Crippen LogP contribution in [-0.4, -0.2) is 9.97 Å². The zero-order chi connectivity index (χ0) is 18.6. The molecule has 0 aliphatic heterocycles. The van der Waals surface area contributed by atoms with Crippen LogP contribution in [0.2, 0.25) is 0 Å². The molecule has 0 amide bonds. The molecule has 0 aliphatic carbocycles. The summed E-state index contributed by atoms with van der Waals surface area (Å²) in [5.41, 5.74) is 5.11. The van der Waals surface area contributed by atoms with E-state index < -0.39 is 0 Å². The van der Waals surface area contributed by atoms with E-state index in [1.54, 1.807) is 6.07 Å². The third-order valence-corrected chi connectivity index (χ3v) is 4.71. The summed E-state index contributed by atoms with van der Waals surface area (Å²) >= 11 is 3.46. The number of rotatable bonds is 3. The molecule has 0 aliphatic rings. The summed E-state index contributed by atoms with van der Waals surface area (Å²) < 4.78 is 1.01. The minimum absolute atomic E-state index is 0.609. The lowest BCUT2D eigenvalue weighted by Crippen LogP contribution is -1.96. The summed E-state index contributed by atoms with van der Waals surface area (Å²) in [6, 6.07) is 29.6. The van der Waals surface area contributed by atoms with Gasteiger partial charge in [0.15, 0.2) is 5.82 Å². The van der Waals surface area contributed by atoms with Crippen molar-refractivity contribution in [3.8, 4) is 40.0 Å². The first kappa shape index (κ1) is 17.1. The summed E-state index contributed by atoms with van der Waals surface area (Å²) in [5.74, 6) is 0.654. The molecule has 128 valence electrons. The lowest BCUT2D eigenvalue weighted by Gasteiger charge is -2.09. The Labute approximate surface area is 166 Å². The molecule has 3 aromatic carbocycles. The van der Waals surface area contributed by atoms with E-state index >= 15 is 0 Å². The van der Waals surface area contributed by atoms with Crippen molar-refractivity contribution in [1.29, 1.82) is 5.26 Å². The standard InChI is InChI=1S/C23H14BrN3/c24-20-11-9-18(10-12-20)23-26-21(17-6-2-1-3-7-17)14-22(27-23)19-8-4-5-16(13-19)15-25/h1-14H. The zero-order valence-corrected chi connectivity index (χ0v) is 15.9. The van der Waals surface area contributed by atoms with Crippen LogP contribution in [0.3, 0.4) is 0 Å². The maximum absolute atomic E-state index is 9.21. The maximum Gasteiger partial charge on any atom is 0.160 e. The third kappa shape index (κ3) is 3.79. The van der Waals surface area contributed by atoms with Gasteiger partial charge < -0.3 is 0 Å². The molecule has 0 N–H and O–H groups in total. The highest BCUT2D eigenvalue weighted by atomic mass is 79.9. The topological polar surface area (TPSA) is 49.6 Å². The molecule has 0 saturated heterocycles. The van der Waals surface area contributed by atoms with E-state index in [1.807, 2.05) is 78.9 Å². The van der Waals surface area contributed by atoms with Gasteiger partial charge in [0.2, 0.25) is 0 Å². The van der Waals surface area contributed by atoms with Crippen molar-refractivity contribution in [2.75, 3.05) is 0 Å². The molecule has 27 heavy (non-hydrogen) atoms. The number of halogens is 1. The van der Waals surface area contributed by atoms with Crippen molar-refractivity contribution in [1.82, 2.24) is 9.97 Å². The summed E-state index contributed by atoms with van der Waals surface area (Å²) in [6.07, 6.45) is 0. The summed E-state index contributed by atoms with van der Waals surface area (Å²) in [4.78, 5) is 9.55. The van der Waals surface area contributed by atoms with Gasteiger partial charge in [-0.25, -0.2) is 9.97 Å². The SMILES string of the molecule is N#Cc1cccc(-c2cc(-c3ccccc3)nc(-c3ccc(Br)cc3)n2)c1. The Balaban J connectivity index is 1.91. The van der Waals surface area contributed by atoms with E-state index in [-0.39, 0.29) is 0 Å². The van der Waals surface area contributed by atoms with E-state index in [2.05, 4.69) is 22.0 Å². The Hall–Kier alpha value is -3.29. The molecule has 0 spiro atoms. The molecule has 0 atom stereocenters. The van der Waals surface area contributed by atoms with Crippen molar-refractivity contribution >= 4 is 15.9 Å². The van der Waals surface area contributed by atoms with Crippen LogP contribution in [0.4, 0.5) is 0 Å². The van der Waals surface area contributed by atoms with Crippen LogP contribution in [0.25, 0.3) is 33.9 Å². The predicted molar refractivity (Wildman–Crippen MR) is 111 cm³/mol. The van der Waals surface area contributed by atoms with Crippen molar-refractivity contribution in [2.45, 2.75) is 0 Å². The number of hydrogen-bond acceptors (Lipinski definition) is 3. The zero-order valence-electron chi connectivity index (χ0n) is 14.3. The van der Waals surface area contributed by atoms with Gasteiger partial charge in [0.1, 0.15) is 0 Å². The Bertz CT molecular complexity index is 1130. The van der Waals surface area contributed by atoms with Gasteiger partial charge in [-0.3, -0.25) is 0 Å². The Morgan fingerprint density at radius 2 is 1.33 bits per heavy atom. The monoisotopic (exact) mass is 411 g/mol.